The predicted octanol–water partition coefficient (Wildman–Crippen LogP) is 4.16. The molecule has 0 atom stereocenters. The molecule has 7 heteroatoms. The summed E-state index contributed by atoms with van der Waals surface area (Å²) < 4.78 is 0. The summed E-state index contributed by atoms with van der Waals surface area (Å²) in [5, 5.41) is 33.0. The second kappa shape index (κ2) is 8.62. The maximum Gasteiger partial charge on any atom is 0.222 e. The smallest absolute Gasteiger partial charge is 0.222 e. The van der Waals surface area contributed by atoms with E-state index in [9.17, 15) is 15.3 Å². The highest BCUT2D eigenvalue weighted by atomic mass is 16.3. The van der Waals surface area contributed by atoms with Gasteiger partial charge in [0.1, 0.15) is 23.1 Å². The fraction of sp³-hybridized carbons (Fsp3) is 0.0833. The van der Waals surface area contributed by atoms with Crippen LogP contribution < -0.4 is 11.1 Å². The third-order valence-electron chi connectivity index (χ3n) is 4.91. The average Bonchev–Trinajstić information content (AvgIpc) is 2.76. The van der Waals surface area contributed by atoms with Crippen molar-refractivity contribution in [3.8, 4) is 39.6 Å². The minimum atomic E-state index is 0.0702. The first-order valence-electron chi connectivity index (χ1n) is 9.78. The highest BCUT2D eigenvalue weighted by molar-refractivity contribution is 5.77. The van der Waals surface area contributed by atoms with E-state index < -0.39 is 0 Å². The first-order valence-corrected chi connectivity index (χ1v) is 9.78. The van der Waals surface area contributed by atoms with Gasteiger partial charge in [-0.3, -0.25) is 0 Å². The van der Waals surface area contributed by atoms with Gasteiger partial charge in [0.25, 0.3) is 0 Å². The molecule has 156 valence electrons. The standard InChI is InChI=1S/C24H22N4O3/c25-24-27-20(14-23(28-24)26-12-11-16-3-1-2-4-21(16)30)19-13-17(7-10-22(19)31)15-5-8-18(29)9-6-15/h1-10,13-14,29-31H,11-12H2,(H3,25,26,27,28). The van der Waals surface area contributed by atoms with Crippen LogP contribution in [0.3, 0.4) is 0 Å². The summed E-state index contributed by atoms with van der Waals surface area (Å²) >= 11 is 0. The molecule has 31 heavy (non-hydrogen) atoms. The second-order valence-electron chi connectivity index (χ2n) is 7.08. The molecule has 0 radical (unpaired) electrons. The van der Waals surface area contributed by atoms with Crippen molar-refractivity contribution in [1.82, 2.24) is 9.97 Å². The minimum Gasteiger partial charge on any atom is -0.508 e. The number of nitrogens with two attached hydrogens (primary N) is 1. The summed E-state index contributed by atoms with van der Waals surface area (Å²) in [4.78, 5) is 8.50. The van der Waals surface area contributed by atoms with Crippen LogP contribution in [0, 0.1) is 0 Å². The molecule has 4 aromatic rings. The Balaban J connectivity index is 1.58. The number of nitrogens with one attached hydrogen (secondary N) is 1. The van der Waals surface area contributed by atoms with Crippen molar-refractivity contribution < 1.29 is 15.3 Å². The molecule has 0 saturated heterocycles. The topological polar surface area (TPSA) is 125 Å². The number of hydrogen-bond donors (Lipinski definition) is 5. The lowest BCUT2D eigenvalue weighted by atomic mass is 10.0. The Morgan fingerprint density at radius 3 is 2.29 bits per heavy atom. The summed E-state index contributed by atoms with van der Waals surface area (Å²) in [6, 6.07) is 20.9. The van der Waals surface area contributed by atoms with Crippen molar-refractivity contribution in [2.45, 2.75) is 6.42 Å². The molecule has 0 spiro atoms. The van der Waals surface area contributed by atoms with Crippen molar-refractivity contribution in [3.63, 3.8) is 0 Å². The van der Waals surface area contributed by atoms with E-state index in [0.29, 0.717) is 30.0 Å². The van der Waals surface area contributed by atoms with Gasteiger partial charge in [-0.2, -0.15) is 4.98 Å². The molecule has 7 nitrogen and oxygen atoms in total. The molecule has 0 unspecified atom stereocenters. The van der Waals surface area contributed by atoms with Gasteiger partial charge in [-0.15, -0.1) is 0 Å². The maximum atomic E-state index is 10.4. The van der Waals surface area contributed by atoms with Crippen molar-refractivity contribution in [3.05, 3.63) is 78.4 Å². The molecular formula is C24H22N4O3. The number of nitrogen functional groups attached to an aromatic ring is 1. The van der Waals surface area contributed by atoms with Crippen molar-refractivity contribution in [1.29, 1.82) is 0 Å². The monoisotopic (exact) mass is 414 g/mol. The van der Waals surface area contributed by atoms with Crippen LogP contribution in [0.25, 0.3) is 22.4 Å². The van der Waals surface area contributed by atoms with Crippen LogP contribution in [0.15, 0.2) is 72.8 Å². The van der Waals surface area contributed by atoms with Gasteiger partial charge in [-0.1, -0.05) is 36.4 Å². The van der Waals surface area contributed by atoms with Crippen LogP contribution in [-0.4, -0.2) is 31.8 Å². The Morgan fingerprint density at radius 1 is 0.774 bits per heavy atom. The van der Waals surface area contributed by atoms with Crippen molar-refractivity contribution >= 4 is 11.8 Å². The molecule has 0 aliphatic carbocycles. The fourth-order valence-corrected chi connectivity index (χ4v) is 3.32. The number of rotatable bonds is 6. The third-order valence-corrected chi connectivity index (χ3v) is 4.91. The molecule has 3 aromatic carbocycles. The molecule has 1 heterocycles. The number of benzene rings is 3. The third kappa shape index (κ3) is 4.67. The lowest BCUT2D eigenvalue weighted by molar-refractivity contribution is 0.468. The zero-order chi connectivity index (χ0) is 21.8. The number of para-hydroxylation sites is 1. The van der Waals surface area contributed by atoms with E-state index in [1.54, 1.807) is 54.6 Å². The Kier molecular flexibility index (Phi) is 5.57. The van der Waals surface area contributed by atoms with Crippen LogP contribution in [0.1, 0.15) is 5.56 Å². The SMILES string of the molecule is Nc1nc(NCCc2ccccc2O)cc(-c2cc(-c3ccc(O)cc3)ccc2O)n1. The average molecular weight is 414 g/mol. The highest BCUT2D eigenvalue weighted by Crippen LogP contribution is 2.34. The summed E-state index contributed by atoms with van der Waals surface area (Å²) in [5.74, 6) is 1.11. The van der Waals surface area contributed by atoms with E-state index in [4.69, 9.17) is 5.73 Å². The van der Waals surface area contributed by atoms with Gasteiger partial charge in [0, 0.05) is 18.2 Å². The van der Waals surface area contributed by atoms with E-state index in [0.717, 1.165) is 16.7 Å². The minimum absolute atomic E-state index is 0.0702. The largest absolute Gasteiger partial charge is 0.508 e. The molecule has 0 amide bonds. The maximum absolute atomic E-state index is 10.4. The lowest BCUT2D eigenvalue weighted by Gasteiger charge is -2.11. The van der Waals surface area contributed by atoms with E-state index in [1.807, 2.05) is 18.2 Å². The Hall–Kier alpha value is -4.26. The molecule has 0 aliphatic rings. The highest BCUT2D eigenvalue weighted by Gasteiger charge is 2.12. The van der Waals surface area contributed by atoms with Crippen LogP contribution >= 0.6 is 0 Å². The van der Waals surface area contributed by atoms with Gasteiger partial charge in [-0.25, -0.2) is 4.98 Å². The molecular weight excluding hydrogens is 392 g/mol. The molecule has 0 saturated carbocycles. The lowest BCUT2D eigenvalue weighted by Crippen LogP contribution is -2.08. The normalized spacial score (nSPS) is 10.7. The zero-order valence-corrected chi connectivity index (χ0v) is 16.7. The number of aromatic hydroxyl groups is 3. The molecule has 0 fully saturated rings. The van der Waals surface area contributed by atoms with Gasteiger partial charge in [0.15, 0.2) is 0 Å². The van der Waals surface area contributed by atoms with Crippen molar-refractivity contribution in [2.24, 2.45) is 0 Å². The number of phenols is 3. The van der Waals surface area contributed by atoms with E-state index >= 15 is 0 Å². The molecule has 1 aromatic heterocycles. The van der Waals surface area contributed by atoms with Gasteiger partial charge in [-0.05, 0) is 53.4 Å². The summed E-state index contributed by atoms with van der Waals surface area (Å²) in [7, 11) is 0. The van der Waals surface area contributed by atoms with Gasteiger partial charge < -0.3 is 26.4 Å². The number of anilines is 2. The number of hydrogen-bond acceptors (Lipinski definition) is 7. The number of aromatic nitrogens is 2. The summed E-state index contributed by atoms with van der Waals surface area (Å²) in [5.41, 5.74) is 9.49. The molecule has 6 N–H and O–H groups in total. The number of phenolic OH excluding ortho intramolecular Hbond substituents is 3. The van der Waals surface area contributed by atoms with Gasteiger partial charge in [0.2, 0.25) is 5.95 Å². The molecule has 0 bridgehead atoms. The molecule has 0 aliphatic heterocycles. The summed E-state index contributed by atoms with van der Waals surface area (Å²) in [6.07, 6.45) is 0.605. The van der Waals surface area contributed by atoms with Crippen LogP contribution in [0.5, 0.6) is 17.2 Å². The summed E-state index contributed by atoms with van der Waals surface area (Å²) in [6.45, 7) is 0.535. The first kappa shape index (κ1) is 20.0. The fourth-order valence-electron chi connectivity index (χ4n) is 3.32. The Bertz CT molecular complexity index is 1210. The Labute approximate surface area is 179 Å². The Morgan fingerprint density at radius 2 is 1.52 bits per heavy atom. The van der Waals surface area contributed by atoms with Gasteiger partial charge >= 0.3 is 0 Å². The second-order valence-corrected chi connectivity index (χ2v) is 7.08. The predicted molar refractivity (Wildman–Crippen MR) is 121 cm³/mol. The first-order chi connectivity index (χ1) is 15.0. The van der Waals surface area contributed by atoms with Crippen LogP contribution in [0.4, 0.5) is 11.8 Å². The van der Waals surface area contributed by atoms with E-state index in [2.05, 4.69) is 15.3 Å². The zero-order valence-electron chi connectivity index (χ0n) is 16.7. The van der Waals surface area contributed by atoms with Crippen LogP contribution in [-0.2, 0) is 6.42 Å². The van der Waals surface area contributed by atoms with E-state index in [1.165, 1.54) is 0 Å². The number of nitrogens with zero attached hydrogens (tertiary/aromatic N) is 2. The molecule has 4 rings (SSSR count). The van der Waals surface area contributed by atoms with Crippen LogP contribution in [0.2, 0.25) is 0 Å². The van der Waals surface area contributed by atoms with Gasteiger partial charge in [0.05, 0.1) is 5.69 Å². The quantitative estimate of drug-likeness (QED) is 0.321. The van der Waals surface area contributed by atoms with E-state index in [-0.39, 0.29) is 23.2 Å². The van der Waals surface area contributed by atoms with Crippen molar-refractivity contribution in [2.75, 3.05) is 17.6 Å².